The molecule has 0 saturated carbocycles. The summed E-state index contributed by atoms with van der Waals surface area (Å²) in [6.07, 6.45) is 2.30. The number of hydrogen-bond donors (Lipinski definition) is 1. The van der Waals surface area contributed by atoms with E-state index in [2.05, 4.69) is 0 Å². The molecule has 0 aromatic heterocycles. The first-order chi connectivity index (χ1) is 6.85. The van der Waals surface area contributed by atoms with Gasteiger partial charge in [-0.2, -0.15) is 0 Å². The number of rotatable bonds is 10. The van der Waals surface area contributed by atoms with Gasteiger partial charge in [0.2, 0.25) is 0 Å². The van der Waals surface area contributed by atoms with Crippen molar-refractivity contribution in [3.8, 4) is 0 Å². The summed E-state index contributed by atoms with van der Waals surface area (Å²) in [5.74, 6) is 0. The molecule has 0 atom stereocenters. The molecule has 0 unspecified atom stereocenters. The van der Waals surface area contributed by atoms with Crippen LogP contribution in [0.5, 0.6) is 0 Å². The summed E-state index contributed by atoms with van der Waals surface area (Å²) < 4.78 is 10.9. The van der Waals surface area contributed by atoms with Crippen LogP contribution in [0.2, 0.25) is 12.1 Å². The fraction of sp³-hybridized carbons (Fsp3) is 1.00. The molecule has 0 amide bonds. The second-order valence-electron chi connectivity index (χ2n) is 3.33. The minimum absolute atomic E-state index is 0.0374. The van der Waals surface area contributed by atoms with Crippen molar-refractivity contribution in [1.29, 1.82) is 0 Å². The fourth-order valence-electron chi connectivity index (χ4n) is 1.40. The summed E-state index contributed by atoms with van der Waals surface area (Å²) in [5.41, 5.74) is 5.44. The topological polar surface area (TPSA) is 44.5 Å². The lowest BCUT2D eigenvalue weighted by atomic mass is 10.4. The minimum Gasteiger partial charge on any atom is -0.353 e. The average molecular weight is 219 g/mol. The Labute approximate surface area is 90.2 Å². The third-order valence-corrected chi connectivity index (χ3v) is 4.01. The van der Waals surface area contributed by atoms with Crippen molar-refractivity contribution >= 4 is 9.52 Å². The number of hydrogen-bond acceptors (Lipinski definition) is 3. The smallest absolute Gasteiger partial charge is 0.157 e. The monoisotopic (exact) mass is 219 g/mol. The molecule has 0 heterocycles. The maximum atomic E-state index is 5.46. The van der Waals surface area contributed by atoms with E-state index in [0.29, 0.717) is 0 Å². The van der Waals surface area contributed by atoms with Crippen molar-refractivity contribution < 1.29 is 9.47 Å². The number of ether oxygens (including phenoxy) is 2. The first-order valence-electron chi connectivity index (χ1n) is 5.78. The largest absolute Gasteiger partial charge is 0.353 e. The van der Waals surface area contributed by atoms with Gasteiger partial charge in [-0.05, 0) is 33.2 Å². The minimum atomic E-state index is 0.0374. The molecule has 0 aliphatic heterocycles. The highest BCUT2D eigenvalue weighted by Crippen LogP contribution is 2.05. The Balaban J connectivity index is 3.30. The van der Waals surface area contributed by atoms with Gasteiger partial charge in [-0.15, -0.1) is 0 Å². The van der Waals surface area contributed by atoms with Gasteiger partial charge in [0, 0.05) is 22.7 Å². The van der Waals surface area contributed by atoms with Crippen LogP contribution >= 0.6 is 0 Å². The van der Waals surface area contributed by atoms with Gasteiger partial charge in [0.15, 0.2) is 6.29 Å². The van der Waals surface area contributed by atoms with Crippen molar-refractivity contribution in [2.45, 2.75) is 45.1 Å². The van der Waals surface area contributed by atoms with Crippen molar-refractivity contribution in [3.63, 3.8) is 0 Å². The van der Waals surface area contributed by atoms with Gasteiger partial charge in [-0.3, -0.25) is 0 Å². The predicted octanol–water partition coefficient (Wildman–Crippen LogP) is 1.13. The molecule has 0 fully saturated rings. The summed E-state index contributed by atoms with van der Waals surface area (Å²) in [6.45, 7) is 6.35. The zero-order valence-corrected chi connectivity index (χ0v) is 11.0. The van der Waals surface area contributed by atoms with Crippen molar-refractivity contribution in [3.05, 3.63) is 0 Å². The van der Waals surface area contributed by atoms with Crippen LogP contribution < -0.4 is 5.73 Å². The Morgan fingerprint density at radius 3 is 2.29 bits per heavy atom. The van der Waals surface area contributed by atoms with Gasteiger partial charge < -0.3 is 15.2 Å². The summed E-state index contributed by atoms with van der Waals surface area (Å²) in [5, 5.41) is 0. The third kappa shape index (κ3) is 8.68. The second kappa shape index (κ2) is 11.2. The van der Waals surface area contributed by atoms with Crippen LogP contribution in [0.15, 0.2) is 0 Å². The van der Waals surface area contributed by atoms with Crippen LogP contribution in [0.1, 0.15) is 26.7 Å². The van der Waals surface area contributed by atoms with Crippen LogP contribution in [0.25, 0.3) is 0 Å². The Morgan fingerprint density at radius 1 is 1.14 bits per heavy atom. The van der Waals surface area contributed by atoms with Crippen LogP contribution in [0.4, 0.5) is 0 Å². The quantitative estimate of drug-likeness (QED) is 0.340. The molecule has 0 bridgehead atoms. The third-order valence-electron chi connectivity index (χ3n) is 2.10. The number of nitrogens with two attached hydrogens (primary N) is 1. The molecule has 0 aromatic carbocycles. The second-order valence-corrected chi connectivity index (χ2v) is 5.45. The zero-order valence-electron chi connectivity index (χ0n) is 9.63. The van der Waals surface area contributed by atoms with E-state index in [1.807, 2.05) is 13.8 Å². The van der Waals surface area contributed by atoms with Gasteiger partial charge in [0.05, 0.1) is 0 Å². The normalized spacial score (nSPS) is 12.0. The van der Waals surface area contributed by atoms with E-state index in [-0.39, 0.29) is 15.8 Å². The molecule has 0 aliphatic rings. The lowest BCUT2D eigenvalue weighted by Crippen LogP contribution is -2.17. The summed E-state index contributed by atoms with van der Waals surface area (Å²) in [7, 11) is 0.0836. The van der Waals surface area contributed by atoms with E-state index >= 15 is 0 Å². The molecule has 86 valence electrons. The Kier molecular flexibility index (Phi) is 11.3. The molecule has 0 rings (SSSR count). The molecule has 3 nitrogen and oxygen atoms in total. The lowest BCUT2D eigenvalue weighted by Gasteiger charge is -2.16. The highest BCUT2D eigenvalue weighted by molar-refractivity contribution is 6.35. The maximum absolute atomic E-state index is 5.46. The maximum Gasteiger partial charge on any atom is 0.157 e. The van der Waals surface area contributed by atoms with E-state index in [1.165, 1.54) is 18.5 Å². The molecular formula is C10H25NO2Si. The van der Waals surface area contributed by atoms with Crippen LogP contribution in [-0.4, -0.2) is 35.6 Å². The predicted molar refractivity (Wildman–Crippen MR) is 63.5 cm³/mol. The van der Waals surface area contributed by atoms with Gasteiger partial charge in [-0.1, -0.05) is 12.1 Å². The van der Waals surface area contributed by atoms with Crippen LogP contribution in [-0.2, 0) is 9.47 Å². The molecule has 14 heavy (non-hydrogen) atoms. The summed E-state index contributed by atoms with van der Waals surface area (Å²) >= 11 is 0. The molecule has 0 aliphatic carbocycles. The summed E-state index contributed by atoms with van der Waals surface area (Å²) in [6, 6.07) is 2.67. The molecule has 0 aromatic rings. The van der Waals surface area contributed by atoms with E-state index < -0.39 is 0 Å². The van der Waals surface area contributed by atoms with Crippen LogP contribution in [0, 0.1) is 0 Å². The first-order valence-corrected chi connectivity index (χ1v) is 7.78. The Morgan fingerprint density at radius 2 is 1.79 bits per heavy atom. The van der Waals surface area contributed by atoms with Crippen molar-refractivity contribution in [2.24, 2.45) is 5.73 Å². The van der Waals surface area contributed by atoms with Crippen LogP contribution in [0.3, 0.4) is 0 Å². The van der Waals surface area contributed by atoms with E-state index in [1.54, 1.807) is 0 Å². The van der Waals surface area contributed by atoms with E-state index in [0.717, 1.165) is 26.2 Å². The van der Waals surface area contributed by atoms with Crippen molar-refractivity contribution in [2.75, 3.05) is 19.8 Å². The molecule has 2 N–H and O–H groups in total. The SMILES string of the molecule is CCOC(CC[SiH2]CCCN)OCC. The van der Waals surface area contributed by atoms with Crippen molar-refractivity contribution in [1.82, 2.24) is 0 Å². The molecule has 0 saturated heterocycles. The fourth-order valence-corrected chi connectivity index (χ4v) is 3.01. The Bertz CT molecular complexity index is 108. The molecule has 0 radical (unpaired) electrons. The Hall–Kier alpha value is 0.0969. The van der Waals surface area contributed by atoms with E-state index in [9.17, 15) is 0 Å². The van der Waals surface area contributed by atoms with Gasteiger partial charge in [-0.25, -0.2) is 0 Å². The average Bonchev–Trinajstić information content (AvgIpc) is 2.18. The molecular weight excluding hydrogens is 194 g/mol. The first kappa shape index (κ1) is 14.1. The highest BCUT2D eigenvalue weighted by Gasteiger charge is 2.06. The molecule has 0 spiro atoms. The van der Waals surface area contributed by atoms with Gasteiger partial charge >= 0.3 is 0 Å². The molecule has 4 heteroatoms. The van der Waals surface area contributed by atoms with Gasteiger partial charge in [0.25, 0.3) is 0 Å². The lowest BCUT2D eigenvalue weighted by molar-refractivity contribution is -0.136. The standard InChI is InChI=1S/C10H25NO2Si/c1-3-12-10(13-4-2)6-9-14-8-5-7-11/h10H,3-9,11,14H2,1-2H3. The zero-order chi connectivity index (χ0) is 10.6. The summed E-state index contributed by atoms with van der Waals surface area (Å²) in [4.78, 5) is 0. The highest BCUT2D eigenvalue weighted by atomic mass is 28.2. The van der Waals surface area contributed by atoms with Gasteiger partial charge in [0.1, 0.15) is 0 Å². The van der Waals surface area contributed by atoms with E-state index in [4.69, 9.17) is 15.2 Å².